The van der Waals surface area contributed by atoms with E-state index in [1.54, 1.807) is 18.2 Å². The van der Waals surface area contributed by atoms with Gasteiger partial charge in [0.1, 0.15) is 0 Å². The minimum absolute atomic E-state index is 0.00160. The summed E-state index contributed by atoms with van der Waals surface area (Å²) < 4.78 is 0. The maximum Gasteiger partial charge on any atom is 0.261 e. The van der Waals surface area contributed by atoms with Gasteiger partial charge in [0.2, 0.25) is 0 Å². The maximum absolute atomic E-state index is 12.9. The van der Waals surface area contributed by atoms with E-state index in [0.29, 0.717) is 16.7 Å². The largest absolute Gasteiger partial charge is 0.349 e. The summed E-state index contributed by atoms with van der Waals surface area (Å²) in [5.41, 5.74) is 1.28. The van der Waals surface area contributed by atoms with E-state index in [1.165, 1.54) is 11.3 Å². The predicted molar refractivity (Wildman–Crippen MR) is 111 cm³/mol. The lowest BCUT2D eigenvalue weighted by Gasteiger charge is -2.32. The van der Waals surface area contributed by atoms with Gasteiger partial charge in [0.25, 0.3) is 17.7 Å². The lowest BCUT2D eigenvalue weighted by Crippen LogP contribution is -2.44. The smallest absolute Gasteiger partial charge is 0.261 e. The monoisotopic (exact) mass is 397 g/mol. The van der Waals surface area contributed by atoms with Crippen molar-refractivity contribution in [2.24, 2.45) is 0 Å². The van der Waals surface area contributed by atoms with Gasteiger partial charge in [-0.3, -0.25) is 19.3 Å². The Morgan fingerprint density at radius 3 is 2.38 bits per heavy atom. The van der Waals surface area contributed by atoms with Gasteiger partial charge < -0.3 is 10.2 Å². The highest BCUT2D eigenvalue weighted by Crippen LogP contribution is 2.31. The van der Waals surface area contributed by atoms with Gasteiger partial charge in [0.15, 0.2) is 0 Å². The second kappa shape index (κ2) is 8.66. The fourth-order valence-corrected chi connectivity index (χ4v) is 4.96. The minimum atomic E-state index is -0.237. The van der Waals surface area contributed by atoms with E-state index >= 15 is 0 Å². The van der Waals surface area contributed by atoms with Gasteiger partial charge in [-0.05, 0) is 56.8 Å². The summed E-state index contributed by atoms with van der Waals surface area (Å²) in [7, 11) is 0. The Bertz CT molecular complexity index is 793. The lowest BCUT2D eigenvalue weighted by atomic mass is 9.94. The number of likely N-dealkylation sites (tertiary alicyclic amines) is 1. The third-order valence-corrected chi connectivity index (χ3v) is 6.58. The maximum atomic E-state index is 12.9. The van der Waals surface area contributed by atoms with E-state index in [2.05, 4.69) is 17.1 Å². The molecule has 156 valence electrons. The van der Waals surface area contributed by atoms with Crippen molar-refractivity contribution in [2.45, 2.75) is 70.4 Å². The number of carbonyl (C=O) groups is 3. The van der Waals surface area contributed by atoms with Crippen LogP contribution in [0, 0.1) is 0 Å². The van der Waals surface area contributed by atoms with Crippen LogP contribution in [0.3, 0.4) is 0 Å². The molecule has 1 saturated carbocycles. The molecule has 1 aliphatic carbocycles. The zero-order valence-electron chi connectivity index (χ0n) is 17.3. The normalized spacial score (nSPS) is 21.5. The molecule has 6 heteroatoms. The molecule has 1 N–H and O–H groups in total. The first kappa shape index (κ1) is 20.1. The molecule has 29 heavy (non-hydrogen) atoms. The van der Waals surface area contributed by atoms with Gasteiger partial charge in [-0.25, -0.2) is 0 Å². The summed E-state index contributed by atoms with van der Waals surface area (Å²) in [5.74, 6) is -0.593. The van der Waals surface area contributed by atoms with Crippen LogP contribution in [0.1, 0.15) is 89.4 Å². The summed E-state index contributed by atoms with van der Waals surface area (Å²) in [6, 6.07) is 5.11. The van der Waals surface area contributed by atoms with Crippen LogP contribution in [0.2, 0.25) is 0 Å². The van der Waals surface area contributed by atoms with Crippen molar-refractivity contribution in [1.29, 1.82) is 0 Å². The molecule has 4 rings (SSSR count). The number of nitrogens with zero attached hydrogens (tertiary/aromatic N) is 2. The first-order valence-corrected chi connectivity index (χ1v) is 11.1. The van der Waals surface area contributed by atoms with Gasteiger partial charge in [0.05, 0.1) is 11.1 Å². The van der Waals surface area contributed by atoms with E-state index in [1.807, 2.05) is 0 Å². The van der Waals surface area contributed by atoms with Gasteiger partial charge in [-0.1, -0.05) is 26.2 Å². The molecular weight excluding hydrogens is 366 g/mol. The summed E-state index contributed by atoms with van der Waals surface area (Å²) in [6.07, 6.45) is 8.10. The van der Waals surface area contributed by atoms with Crippen molar-refractivity contribution >= 4 is 17.7 Å². The van der Waals surface area contributed by atoms with Crippen molar-refractivity contribution in [3.8, 4) is 0 Å². The van der Waals surface area contributed by atoms with Crippen LogP contribution in [-0.2, 0) is 0 Å². The summed E-state index contributed by atoms with van der Waals surface area (Å²) >= 11 is 0. The standard InChI is InChI=1S/C23H31N3O3/c1-2-12-25-13-10-17(11-14-25)24-21(27)16-8-9-19-20(15-16)23(29)26(22(19)28)18-6-4-3-5-7-18/h8-9,15,17-18H,2-7,10-14H2,1H3,(H,24,27). The predicted octanol–water partition coefficient (Wildman–Crippen LogP) is 3.22. The Hall–Kier alpha value is -2.21. The molecule has 0 radical (unpaired) electrons. The van der Waals surface area contributed by atoms with Crippen LogP contribution in [0.25, 0.3) is 0 Å². The lowest BCUT2D eigenvalue weighted by molar-refractivity contribution is 0.0548. The van der Waals surface area contributed by atoms with Crippen LogP contribution in [-0.4, -0.2) is 59.2 Å². The number of rotatable bonds is 5. The molecule has 2 aliphatic heterocycles. The zero-order chi connectivity index (χ0) is 20.4. The van der Waals surface area contributed by atoms with E-state index in [9.17, 15) is 14.4 Å². The number of fused-ring (bicyclic) bond motifs is 1. The van der Waals surface area contributed by atoms with Crippen LogP contribution in [0.4, 0.5) is 0 Å². The van der Waals surface area contributed by atoms with Crippen molar-refractivity contribution < 1.29 is 14.4 Å². The number of hydrogen-bond acceptors (Lipinski definition) is 4. The van der Waals surface area contributed by atoms with Crippen LogP contribution in [0.5, 0.6) is 0 Å². The molecule has 1 aromatic carbocycles. The van der Waals surface area contributed by atoms with E-state index < -0.39 is 0 Å². The molecule has 6 nitrogen and oxygen atoms in total. The second-order valence-corrected chi connectivity index (χ2v) is 8.62. The molecule has 3 aliphatic rings. The third kappa shape index (κ3) is 4.08. The highest BCUT2D eigenvalue weighted by Gasteiger charge is 2.40. The molecule has 0 atom stereocenters. The third-order valence-electron chi connectivity index (χ3n) is 6.58. The van der Waals surface area contributed by atoms with Crippen molar-refractivity contribution in [3.05, 3.63) is 34.9 Å². The molecule has 0 bridgehead atoms. The molecule has 3 amide bonds. The fraction of sp³-hybridized carbons (Fsp3) is 0.609. The Labute approximate surface area is 172 Å². The Morgan fingerprint density at radius 1 is 1.00 bits per heavy atom. The Balaban J connectivity index is 1.43. The first-order chi connectivity index (χ1) is 14.1. The van der Waals surface area contributed by atoms with E-state index in [0.717, 1.165) is 64.6 Å². The van der Waals surface area contributed by atoms with Crippen molar-refractivity contribution in [1.82, 2.24) is 15.1 Å². The topological polar surface area (TPSA) is 69.7 Å². The molecule has 1 aromatic rings. The summed E-state index contributed by atoms with van der Waals surface area (Å²) in [5, 5.41) is 3.11. The number of hydrogen-bond donors (Lipinski definition) is 1. The van der Waals surface area contributed by atoms with Crippen molar-refractivity contribution in [3.63, 3.8) is 0 Å². The first-order valence-electron chi connectivity index (χ1n) is 11.1. The number of amides is 3. The molecule has 0 aromatic heterocycles. The van der Waals surface area contributed by atoms with E-state index in [-0.39, 0.29) is 29.8 Å². The van der Waals surface area contributed by atoms with Crippen LogP contribution < -0.4 is 5.32 Å². The molecule has 1 saturated heterocycles. The molecule has 2 fully saturated rings. The average molecular weight is 398 g/mol. The number of carbonyl (C=O) groups excluding carboxylic acids is 3. The quantitative estimate of drug-likeness (QED) is 0.775. The number of nitrogens with one attached hydrogen (secondary N) is 1. The second-order valence-electron chi connectivity index (χ2n) is 8.62. The molecule has 0 spiro atoms. The van der Waals surface area contributed by atoms with Gasteiger partial charge in [0, 0.05) is 30.7 Å². The molecule has 0 unspecified atom stereocenters. The van der Waals surface area contributed by atoms with Crippen molar-refractivity contribution in [2.75, 3.05) is 19.6 Å². The summed E-state index contributed by atoms with van der Waals surface area (Å²) in [4.78, 5) is 42.4. The SMILES string of the molecule is CCCN1CCC(NC(=O)c2ccc3c(c2)C(=O)N(C2CCCCC2)C3=O)CC1. The van der Waals surface area contributed by atoms with Gasteiger partial charge in [-0.2, -0.15) is 0 Å². The summed E-state index contributed by atoms with van der Waals surface area (Å²) in [6.45, 7) is 5.31. The molecular formula is C23H31N3O3. The minimum Gasteiger partial charge on any atom is -0.349 e. The average Bonchev–Trinajstić information content (AvgIpc) is 3.00. The Morgan fingerprint density at radius 2 is 1.69 bits per heavy atom. The van der Waals surface area contributed by atoms with Crippen LogP contribution in [0.15, 0.2) is 18.2 Å². The fourth-order valence-electron chi connectivity index (χ4n) is 4.96. The Kier molecular flexibility index (Phi) is 5.99. The van der Waals surface area contributed by atoms with Crippen LogP contribution >= 0.6 is 0 Å². The van der Waals surface area contributed by atoms with Gasteiger partial charge in [-0.15, -0.1) is 0 Å². The number of piperidine rings is 1. The zero-order valence-corrected chi connectivity index (χ0v) is 17.3. The number of imide groups is 1. The van der Waals surface area contributed by atoms with E-state index in [4.69, 9.17) is 0 Å². The number of benzene rings is 1. The highest BCUT2D eigenvalue weighted by molar-refractivity contribution is 6.22. The molecule has 2 heterocycles. The highest BCUT2D eigenvalue weighted by atomic mass is 16.2. The van der Waals surface area contributed by atoms with Gasteiger partial charge >= 0.3 is 0 Å².